The van der Waals surface area contributed by atoms with Crippen molar-refractivity contribution in [1.82, 2.24) is 15.5 Å². The molecular formula is C22H27F3N4O4. The first-order valence-corrected chi connectivity index (χ1v) is 10.2. The molecule has 1 saturated heterocycles. The van der Waals surface area contributed by atoms with Gasteiger partial charge in [-0.15, -0.1) is 0 Å². The fraction of sp³-hybridized carbons (Fsp3) is 0.409. The quantitative estimate of drug-likeness (QED) is 0.454. The van der Waals surface area contributed by atoms with Crippen molar-refractivity contribution >= 4 is 17.9 Å². The van der Waals surface area contributed by atoms with Gasteiger partial charge in [0.1, 0.15) is 28.6 Å². The molecule has 2 rings (SSSR count). The number of rotatable bonds is 5. The molecule has 0 aromatic heterocycles. The summed E-state index contributed by atoms with van der Waals surface area (Å²) in [6.45, 7) is 9.61. The molecule has 1 aliphatic rings. The van der Waals surface area contributed by atoms with Crippen molar-refractivity contribution in [3.05, 3.63) is 59.2 Å². The first-order chi connectivity index (χ1) is 15.3. The number of ether oxygens (including phenoxy) is 1. The van der Waals surface area contributed by atoms with Gasteiger partial charge in [0.25, 0.3) is 11.8 Å². The van der Waals surface area contributed by atoms with E-state index in [0.717, 1.165) is 6.20 Å². The maximum atomic E-state index is 13.8. The van der Waals surface area contributed by atoms with E-state index in [1.807, 2.05) is 0 Å². The summed E-state index contributed by atoms with van der Waals surface area (Å²) in [4.78, 5) is 38.5. The Kier molecular flexibility index (Phi) is 8.13. The zero-order chi connectivity index (χ0) is 24.9. The molecule has 1 aliphatic heterocycles. The Morgan fingerprint density at radius 1 is 1.15 bits per heavy atom. The average molecular weight is 468 g/mol. The topological polar surface area (TPSA) is 114 Å². The number of hydrogen-bond donors (Lipinski definition) is 3. The highest BCUT2D eigenvalue weighted by molar-refractivity contribution is 6.01. The number of amides is 3. The lowest BCUT2D eigenvalue weighted by Gasteiger charge is -2.33. The molecule has 1 aromatic rings. The fourth-order valence-corrected chi connectivity index (χ4v) is 3.09. The number of nitrogens with two attached hydrogens (primary N) is 1. The van der Waals surface area contributed by atoms with E-state index in [-0.39, 0.29) is 17.3 Å². The predicted octanol–water partition coefficient (Wildman–Crippen LogP) is 2.71. The highest BCUT2D eigenvalue weighted by Gasteiger charge is 2.28. The van der Waals surface area contributed by atoms with Crippen LogP contribution in [0, 0.1) is 17.5 Å². The van der Waals surface area contributed by atoms with E-state index in [2.05, 4.69) is 17.2 Å². The first-order valence-electron chi connectivity index (χ1n) is 10.2. The molecule has 3 amide bonds. The Morgan fingerprint density at radius 2 is 1.70 bits per heavy atom. The lowest BCUT2D eigenvalue weighted by Crippen LogP contribution is -2.48. The Hall–Kier alpha value is -3.50. The van der Waals surface area contributed by atoms with Crippen LogP contribution in [0.2, 0.25) is 0 Å². The van der Waals surface area contributed by atoms with Crippen molar-refractivity contribution in [3.8, 4) is 0 Å². The minimum absolute atomic E-state index is 0.247. The molecule has 33 heavy (non-hydrogen) atoms. The van der Waals surface area contributed by atoms with Gasteiger partial charge in [-0.05, 0) is 33.6 Å². The van der Waals surface area contributed by atoms with Gasteiger partial charge < -0.3 is 26.0 Å². The highest BCUT2D eigenvalue weighted by Crippen LogP contribution is 2.18. The molecule has 1 fully saturated rings. The first kappa shape index (κ1) is 25.8. The van der Waals surface area contributed by atoms with Crippen LogP contribution >= 0.6 is 0 Å². The summed E-state index contributed by atoms with van der Waals surface area (Å²) in [6.07, 6.45) is 1.33. The van der Waals surface area contributed by atoms with Crippen LogP contribution in [0.15, 0.2) is 36.2 Å². The van der Waals surface area contributed by atoms with Gasteiger partial charge in [0, 0.05) is 37.5 Å². The van der Waals surface area contributed by atoms with Crippen LogP contribution in [-0.2, 0) is 9.53 Å². The minimum atomic E-state index is -1.41. The third-order valence-corrected chi connectivity index (χ3v) is 4.73. The predicted molar refractivity (Wildman–Crippen MR) is 114 cm³/mol. The number of benzene rings is 1. The van der Waals surface area contributed by atoms with Crippen molar-refractivity contribution in [2.45, 2.75) is 45.3 Å². The van der Waals surface area contributed by atoms with Gasteiger partial charge in [0.2, 0.25) is 0 Å². The van der Waals surface area contributed by atoms with Gasteiger partial charge in [-0.25, -0.2) is 18.0 Å². The average Bonchev–Trinajstić information content (AvgIpc) is 2.69. The molecule has 0 radical (unpaired) electrons. The lowest BCUT2D eigenvalue weighted by atomic mass is 10.0. The molecule has 0 saturated carbocycles. The molecule has 0 spiro atoms. The van der Waals surface area contributed by atoms with E-state index in [1.54, 1.807) is 25.7 Å². The van der Waals surface area contributed by atoms with Crippen molar-refractivity contribution in [2.75, 3.05) is 13.1 Å². The molecule has 0 unspecified atom stereocenters. The number of halogens is 3. The molecule has 4 N–H and O–H groups in total. The van der Waals surface area contributed by atoms with E-state index in [0.29, 0.717) is 38.1 Å². The van der Waals surface area contributed by atoms with E-state index in [9.17, 15) is 27.6 Å². The highest BCUT2D eigenvalue weighted by atomic mass is 19.1. The molecule has 8 nitrogen and oxygen atoms in total. The smallest absolute Gasteiger partial charge is 0.410 e. The Labute approximate surface area is 189 Å². The zero-order valence-electron chi connectivity index (χ0n) is 18.6. The number of nitrogens with zero attached hydrogens (tertiary/aromatic N) is 1. The molecular weight excluding hydrogens is 441 g/mol. The lowest BCUT2D eigenvalue weighted by molar-refractivity contribution is -0.118. The summed E-state index contributed by atoms with van der Waals surface area (Å²) in [6, 6.07) is 0.430. The maximum Gasteiger partial charge on any atom is 0.410 e. The van der Waals surface area contributed by atoms with E-state index in [1.165, 1.54) is 0 Å². The SMILES string of the molecule is C=C(C(=O)NC1CCN(C(=O)OC(C)(C)C)CC1)/C(=C\N)NC(=O)c1c(F)cc(F)cc1F. The molecule has 0 bridgehead atoms. The summed E-state index contributed by atoms with van der Waals surface area (Å²) in [5, 5.41) is 4.83. The maximum absolute atomic E-state index is 13.8. The third kappa shape index (κ3) is 6.99. The van der Waals surface area contributed by atoms with E-state index in [4.69, 9.17) is 10.5 Å². The number of piperidine rings is 1. The van der Waals surface area contributed by atoms with Gasteiger partial charge in [0.05, 0.1) is 11.3 Å². The van der Waals surface area contributed by atoms with E-state index >= 15 is 0 Å². The summed E-state index contributed by atoms with van der Waals surface area (Å²) in [5.41, 5.74) is 3.29. The number of likely N-dealkylation sites (tertiary alicyclic amines) is 1. The fourth-order valence-electron chi connectivity index (χ4n) is 3.09. The molecule has 180 valence electrons. The molecule has 0 atom stereocenters. The van der Waals surface area contributed by atoms with Crippen molar-refractivity contribution in [2.24, 2.45) is 5.73 Å². The molecule has 1 aromatic carbocycles. The second kappa shape index (κ2) is 10.4. The van der Waals surface area contributed by atoms with Gasteiger partial charge >= 0.3 is 6.09 Å². The van der Waals surface area contributed by atoms with Crippen LogP contribution < -0.4 is 16.4 Å². The monoisotopic (exact) mass is 468 g/mol. The Bertz CT molecular complexity index is 957. The van der Waals surface area contributed by atoms with Crippen LogP contribution in [0.25, 0.3) is 0 Å². The van der Waals surface area contributed by atoms with Crippen molar-refractivity contribution in [3.63, 3.8) is 0 Å². The van der Waals surface area contributed by atoms with E-state index < -0.39 is 46.5 Å². The number of carbonyl (C=O) groups is 3. The second-order valence-electron chi connectivity index (χ2n) is 8.47. The largest absolute Gasteiger partial charge is 0.444 e. The number of carbonyl (C=O) groups excluding carboxylic acids is 3. The van der Waals surface area contributed by atoms with Crippen LogP contribution in [0.1, 0.15) is 44.0 Å². The second-order valence-corrected chi connectivity index (χ2v) is 8.47. The minimum Gasteiger partial charge on any atom is -0.444 e. The van der Waals surface area contributed by atoms with Gasteiger partial charge in [-0.2, -0.15) is 0 Å². The van der Waals surface area contributed by atoms with Crippen molar-refractivity contribution in [1.29, 1.82) is 0 Å². The van der Waals surface area contributed by atoms with Crippen LogP contribution in [0.4, 0.5) is 18.0 Å². The van der Waals surface area contributed by atoms with Crippen LogP contribution in [0.3, 0.4) is 0 Å². The summed E-state index contributed by atoms with van der Waals surface area (Å²) in [5.74, 6) is -5.93. The number of nitrogens with one attached hydrogen (secondary N) is 2. The third-order valence-electron chi connectivity index (χ3n) is 4.73. The molecule has 0 aliphatic carbocycles. The van der Waals surface area contributed by atoms with Gasteiger partial charge in [0.15, 0.2) is 0 Å². The molecule has 1 heterocycles. The molecule has 11 heteroatoms. The van der Waals surface area contributed by atoms with Crippen LogP contribution in [-0.4, -0.2) is 47.5 Å². The zero-order valence-corrected chi connectivity index (χ0v) is 18.6. The Morgan fingerprint density at radius 3 is 2.18 bits per heavy atom. The summed E-state index contributed by atoms with van der Waals surface area (Å²) >= 11 is 0. The van der Waals surface area contributed by atoms with Crippen LogP contribution in [0.5, 0.6) is 0 Å². The van der Waals surface area contributed by atoms with Gasteiger partial charge in [-0.1, -0.05) is 6.58 Å². The summed E-state index contributed by atoms with van der Waals surface area (Å²) < 4.78 is 46.1. The summed E-state index contributed by atoms with van der Waals surface area (Å²) in [7, 11) is 0. The van der Waals surface area contributed by atoms with Crippen molar-refractivity contribution < 1.29 is 32.3 Å². The normalized spacial score (nSPS) is 15.1. The van der Waals surface area contributed by atoms with Gasteiger partial charge in [-0.3, -0.25) is 9.59 Å². The standard InChI is InChI=1S/C22H27F3N4O4/c1-12(17(11-26)28-20(31)18-15(24)9-13(23)10-16(18)25)19(30)27-14-5-7-29(8-6-14)21(32)33-22(2,3)4/h9-11,14H,1,5-8,26H2,2-4H3,(H,27,30)(H,28,31)/b17-11+. The Balaban J connectivity index is 1.94. The number of hydrogen-bond acceptors (Lipinski definition) is 5.